The minimum absolute atomic E-state index is 0.0850. The van der Waals surface area contributed by atoms with Gasteiger partial charge in [0.15, 0.2) is 0 Å². The molecule has 0 radical (unpaired) electrons. The van der Waals surface area contributed by atoms with Gasteiger partial charge < -0.3 is 10.1 Å². The Morgan fingerprint density at radius 3 is 2.53 bits per heavy atom. The summed E-state index contributed by atoms with van der Waals surface area (Å²) in [6.07, 6.45) is 3.81. The first-order chi connectivity index (χ1) is 8.27. The van der Waals surface area contributed by atoms with Gasteiger partial charge >= 0.3 is 0 Å². The Bertz CT molecular complexity index is 531. The van der Waals surface area contributed by atoms with Gasteiger partial charge in [0.05, 0.1) is 5.56 Å². The lowest BCUT2D eigenvalue weighted by Crippen LogP contribution is -2.11. The van der Waals surface area contributed by atoms with Crippen LogP contribution in [0.25, 0.3) is 0 Å². The highest BCUT2D eigenvalue weighted by Crippen LogP contribution is 2.13. The van der Waals surface area contributed by atoms with Crippen LogP contribution >= 0.6 is 0 Å². The molecule has 3 heteroatoms. The lowest BCUT2D eigenvalue weighted by Gasteiger charge is -2.03. The molecule has 17 heavy (non-hydrogen) atoms. The van der Waals surface area contributed by atoms with Crippen LogP contribution in [-0.4, -0.2) is 10.1 Å². The van der Waals surface area contributed by atoms with E-state index < -0.39 is 0 Å². The van der Waals surface area contributed by atoms with Gasteiger partial charge in [-0.05, 0) is 30.9 Å². The fraction of sp³-hybridized carbons (Fsp3) is 0.214. The number of hydrogen-bond donors (Lipinski definition) is 2. The van der Waals surface area contributed by atoms with E-state index in [1.54, 1.807) is 0 Å². The number of aromatic amines is 1. The molecule has 88 valence electrons. The molecule has 3 nitrogen and oxygen atoms in total. The summed E-state index contributed by atoms with van der Waals surface area (Å²) < 4.78 is 0. The van der Waals surface area contributed by atoms with Crippen molar-refractivity contribution in [3.8, 4) is 5.75 Å². The van der Waals surface area contributed by atoms with Crippen LogP contribution in [-0.2, 0) is 12.8 Å². The third kappa shape index (κ3) is 2.97. The quantitative estimate of drug-likeness (QED) is 0.844. The maximum absolute atomic E-state index is 11.5. The Morgan fingerprint density at radius 1 is 1.06 bits per heavy atom. The number of H-pyrrole nitrogens is 1. The summed E-state index contributed by atoms with van der Waals surface area (Å²) in [7, 11) is 0. The highest BCUT2D eigenvalue weighted by Gasteiger charge is 2.05. The highest BCUT2D eigenvalue weighted by atomic mass is 16.3. The Hall–Kier alpha value is -2.03. The predicted molar refractivity (Wildman–Crippen MR) is 67.2 cm³/mol. The molecule has 0 bridgehead atoms. The summed E-state index contributed by atoms with van der Waals surface area (Å²) in [6.45, 7) is 0. The Labute approximate surface area is 99.8 Å². The zero-order chi connectivity index (χ0) is 12.1. The zero-order valence-corrected chi connectivity index (χ0v) is 9.52. The number of benzene rings is 1. The second kappa shape index (κ2) is 5.34. The van der Waals surface area contributed by atoms with Gasteiger partial charge in [0.2, 0.25) is 0 Å². The SMILES string of the molecule is O=c1[nH]ccc(O)c1CCCc1ccccc1. The third-order valence-corrected chi connectivity index (χ3v) is 2.77. The van der Waals surface area contributed by atoms with E-state index in [4.69, 9.17) is 0 Å². The Kier molecular flexibility index (Phi) is 3.60. The molecule has 1 aromatic heterocycles. The summed E-state index contributed by atoms with van der Waals surface area (Å²) in [5.41, 5.74) is 1.53. The van der Waals surface area contributed by atoms with Gasteiger partial charge in [0.1, 0.15) is 5.75 Å². The van der Waals surface area contributed by atoms with Gasteiger partial charge in [-0.25, -0.2) is 0 Å². The average Bonchev–Trinajstić information content (AvgIpc) is 2.34. The molecule has 0 atom stereocenters. The van der Waals surface area contributed by atoms with Crippen molar-refractivity contribution in [1.82, 2.24) is 4.98 Å². The van der Waals surface area contributed by atoms with E-state index in [-0.39, 0.29) is 11.3 Å². The highest BCUT2D eigenvalue weighted by molar-refractivity contribution is 5.28. The lowest BCUT2D eigenvalue weighted by atomic mass is 10.0. The number of nitrogens with one attached hydrogen (secondary N) is 1. The molecule has 0 amide bonds. The van der Waals surface area contributed by atoms with Gasteiger partial charge in [0, 0.05) is 6.20 Å². The van der Waals surface area contributed by atoms with E-state index in [1.807, 2.05) is 18.2 Å². The van der Waals surface area contributed by atoms with Crippen LogP contribution in [0.1, 0.15) is 17.5 Å². The first-order valence-electron chi connectivity index (χ1n) is 5.71. The van der Waals surface area contributed by atoms with Crippen molar-refractivity contribution in [2.24, 2.45) is 0 Å². The van der Waals surface area contributed by atoms with Crippen molar-refractivity contribution in [2.75, 3.05) is 0 Å². The lowest BCUT2D eigenvalue weighted by molar-refractivity contribution is 0.465. The summed E-state index contributed by atoms with van der Waals surface area (Å²) in [6, 6.07) is 11.6. The molecule has 0 saturated heterocycles. The first kappa shape index (κ1) is 11.5. The van der Waals surface area contributed by atoms with Crippen LogP contribution in [0.5, 0.6) is 5.75 Å². The molecule has 0 unspecified atom stereocenters. The number of hydrogen-bond acceptors (Lipinski definition) is 2. The van der Waals surface area contributed by atoms with Gasteiger partial charge in [-0.15, -0.1) is 0 Å². The molecule has 0 fully saturated rings. The smallest absolute Gasteiger partial charge is 0.254 e. The standard InChI is InChI=1S/C14H15NO2/c16-13-9-10-15-14(17)12(13)8-4-7-11-5-2-1-3-6-11/h1-3,5-6,9-10H,4,7-8H2,(H2,15,16,17). The van der Waals surface area contributed by atoms with E-state index in [0.29, 0.717) is 12.0 Å². The van der Waals surface area contributed by atoms with Crippen molar-refractivity contribution < 1.29 is 5.11 Å². The maximum Gasteiger partial charge on any atom is 0.254 e. The Balaban J connectivity index is 1.97. The second-order valence-electron chi connectivity index (χ2n) is 4.01. The van der Waals surface area contributed by atoms with Crippen LogP contribution in [0.15, 0.2) is 47.4 Å². The Morgan fingerprint density at radius 2 is 1.82 bits per heavy atom. The molecule has 0 aliphatic carbocycles. The molecule has 0 aliphatic heterocycles. The van der Waals surface area contributed by atoms with Crippen LogP contribution in [0, 0.1) is 0 Å². The van der Waals surface area contributed by atoms with E-state index >= 15 is 0 Å². The number of pyridine rings is 1. The third-order valence-electron chi connectivity index (χ3n) is 2.77. The molecule has 0 aliphatic rings. The largest absolute Gasteiger partial charge is 0.507 e. The van der Waals surface area contributed by atoms with Crippen LogP contribution in [0.3, 0.4) is 0 Å². The monoisotopic (exact) mass is 229 g/mol. The maximum atomic E-state index is 11.5. The topological polar surface area (TPSA) is 53.1 Å². The van der Waals surface area contributed by atoms with Crippen molar-refractivity contribution in [2.45, 2.75) is 19.3 Å². The van der Waals surface area contributed by atoms with Crippen LogP contribution < -0.4 is 5.56 Å². The molecule has 1 aromatic carbocycles. The first-order valence-corrected chi connectivity index (χ1v) is 5.71. The fourth-order valence-corrected chi connectivity index (χ4v) is 1.86. The average molecular weight is 229 g/mol. The van der Waals surface area contributed by atoms with Crippen molar-refractivity contribution in [3.05, 3.63) is 64.1 Å². The summed E-state index contributed by atoms with van der Waals surface area (Å²) >= 11 is 0. The molecule has 0 spiro atoms. The van der Waals surface area contributed by atoms with Crippen LogP contribution in [0.4, 0.5) is 0 Å². The normalized spacial score (nSPS) is 10.4. The molecule has 2 N–H and O–H groups in total. The summed E-state index contributed by atoms with van der Waals surface area (Å²) in [5.74, 6) is 0.0850. The van der Waals surface area contributed by atoms with Gasteiger partial charge in [-0.2, -0.15) is 0 Å². The number of aromatic nitrogens is 1. The van der Waals surface area contributed by atoms with Crippen molar-refractivity contribution in [3.63, 3.8) is 0 Å². The van der Waals surface area contributed by atoms with Crippen molar-refractivity contribution >= 4 is 0 Å². The zero-order valence-electron chi connectivity index (χ0n) is 9.52. The number of aryl methyl sites for hydroxylation is 1. The molecule has 2 aromatic rings. The molecule has 1 heterocycles. The molecular formula is C14H15NO2. The molecule has 2 rings (SSSR count). The van der Waals surface area contributed by atoms with Crippen LogP contribution in [0.2, 0.25) is 0 Å². The molecular weight excluding hydrogens is 214 g/mol. The van der Waals surface area contributed by atoms with Gasteiger partial charge in [-0.3, -0.25) is 4.79 Å². The van der Waals surface area contributed by atoms with Gasteiger partial charge in [0.25, 0.3) is 5.56 Å². The predicted octanol–water partition coefficient (Wildman–Crippen LogP) is 2.26. The van der Waals surface area contributed by atoms with E-state index in [1.165, 1.54) is 17.8 Å². The fourth-order valence-electron chi connectivity index (χ4n) is 1.86. The van der Waals surface area contributed by atoms with Gasteiger partial charge in [-0.1, -0.05) is 30.3 Å². The second-order valence-corrected chi connectivity index (χ2v) is 4.01. The van der Waals surface area contributed by atoms with E-state index in [0.717, 1.165) is 12.8 Å². The number of aromatic hydroxyl groups is 1. The minimum atomic E-state index is -0.196. The molecule has 0 saturated carbocycles. The van der Waals surface area contributed by atoms with Crippen molar-refractivity contribution in [1.29, 1.82) is 0 Å². The summed E-state index contributed by atoms with van der Waals surface area (Å²) in [4.78, 5) is 14.0. The summed E-state index contributed by atoms with van der Waals surface area (Å²) in [5, 5.41) is 9.57. The number of rotatable bonds is 4. The van der Waals surface area contributed by atoms with E-state index in [9.17, 15) is 9.90 Å². The van der Waals surface area contributed by atoms with E-state index in [2.05, 4.69) is 17.1 Å². The minimum Gasteiger partial charge on any atom is -0.507 e.